The van der Waals surface area contributed by atoms with Gasteiger partial charge in [-0.1, -0.05) is 97.8 Å². The average Bonchev–Trinajstić information content (AvgIpc) is 3.16. The van der Waals surface area contributed by atoms with Gasteiger partial charge in [-0.3, -0.25) is 4.79 Å². The predicted molar refractivity (Wildman–Crippen MR) is 197 cm³/mol. The first-order valence-electron chi connectivity index (χ1n) is 17.4. The zero-order valence-corrected chi connectivity index (χ0v) is 28.7. The minimum absolute atomic E-state index is 0.0521. The lowest BCUT2D eigenvalue weighted by atomic mass is 9.97. The van der Waals surface area contributed by atoms with Crippen LogP contribution in [0.1, 0.15) is 65.6 Å². The first-order valence-corrected chi connectivity index (χ1v) is 17.4. The number of carboxylic acid groups (broad SMARTS) is 1. The largest absolute Gasteiger partial charge is 0.493 e. The van der Waals surface area contributed by atoms with E-state index >= 15 is 0 Å². The van der Waals surface area contributed by atoms with Gasteiger partial charge in [-0.2, -0.15) is 0 Å². The van der Waals surface area contributed by atoms with Crippen LogP contribution in [-0.2, 0) is 28.8 Å². The van der Waals surface area contributed by atoms with Gasteiger partial charge in [0.05, 0.1) is 31.6 Å². The summed E-state index contributed by atoms with van der Waals surface area (Å²) in [4.78, 5) is 28.1. The van der Waals surface area contributed by atoms with Crippen molar-refractivity contribution in [1.29, 1.82) is 0 Å². The van der Waals surface area contributed by atoms with Crippen LogP contribution in [0.25, 0.3) is 22.4 Å². The van der Waals surface area contributed by atoms with Crippen molar-refractivity contribution in [2.45, 2.75) is 57.8 Å². The number of rotatable bonds is 19. The zero-order valence-electron chi connectivity index (χ0n) is 28.7. The highest BCUT2D eigenvalue weighted by atomic mass is 16.5. The molecule has 7 heteroatoms. The number of esters is 1. The number of carbonyl (C=O) groups is 2. The molecule has 4 aromatic carbocycles. The molecule has 0 aliphatic heterocycles. The maximum atomic E-state index is 11.9. The van der Waals surface area contributed by atoms with E-state index in [4.69, 9.17) is 19.2 Å². The summed E-state index contributed by atoms with van der Waals surface area (Å²) in [5.74, 6) is 0.201. The highest BCUT2D eigenvalue weighted by Gasteiger charge is 2.13. The van der Waals surface area contributed by atoms with E-state index in [1.54, 1.807) is 6.07 Å². The quantitative estimate of drug-likeness (QED) is 0.0690. The van der Waals surface area contributed by atoms with E-state index in [1.807, 2.05) is 72.8 Å². The third-order valence-corrected chi connectivity index (χ3v) is 8.60. The highest BCUT2D eigenvalue weighted by Crippen LogP contribution is 2.29. The number of unbranched alkanes of at least 4 members (excludes halogenated alkanes) is 3. The molecule has 0 amide bonds. The monoisotopic (exact) mass is 671 g/mol. The fourth-order valence-electron chi connectivity index (χ4n) is 6.01. The van der Waals surface area contributed by atoms with Crippen LogP contribution in [0.4, 0.5) is 0 Å². The van der Waals surface area contributed by atoms with E-state index in [-0.39, 0.29) is 12.4 Å². The van der Waals surface area contributed by atoms with Gasteiger partial charge in [-0.25, -0.2) is 9.78 Å². The third kappa shape index (κ3) is 10.8. The van der Waals surface area contributed by atoms with Crippen molar-refractivity contribution in [3.8, 4) is 34.0 Å². The zero-order chi connectivity index (χ0) is 35.0. The molecule has 0 saturated heterocycles. The molecule has 0 radical (unpaired) electrons. The van der Waals surface area contributed by atoms with Crippen LogP contribution < -0.4 is 9.47 Å². The number of carboxylic acids is 1. The van der Waals surface area contributed by atoms with Gasteiger partial charge in [0.25, 0.3) is 0 Å². The molecule has 0 aliphatic carbocycles. The maximum Gasteiger partial charge on any atom is 0.337 e. The summed E-state index contributed by atoms with van der Waals surface area (Å²) in [5.41, 5.74) is 7.82. The number of hydrogen-bond acceptors (Lipinski definition) is 6. The molecule has 7 nitrogen and oxygen atoms in total. The van der Waals surface area contributed by atoms with Crippen molar-refractivity contribution in [3.05, 3.63) is 138 Å². The second kappa shape index (κ2) is 18.9. The van der Waals surface area contributed by atoms with Crippen LogP contribution >= 0.6 is 0 Å². The number of aliphatic carboxylic acids is 1. The summed E-state index contributed by atoms with van der Waals surface area (Å²) >= 11 is 0. The highest BCUT2D eigenvalue weighted by molar-refractivity contribution is 5.89. The Morgan fingerprint density at radius 1 is 0.640 bits per heavy atom. The number of pyridine rings is 1. The van der Waals surface area contributed by atoms with Crippen molar-refractivity contribution in [2.75, 3.05) is 20.3 Å². The molecule has 5 rings (SSSR count). The van der Waals surface area contributed by atoms with Gasteiger partial charge in [-0.15, -0.1) is 0 Å². The summed E-state index contributed by atoms with van der Waals surface area (Å²) in [6, 6.07) is 38.0. The first kappa shape index (κ1) is 35.9. The van der Waals surface area contributed by atoms with E-state index in [0.29, 0.717) is 31.1 Å². The Kier molecular flexibility index (Phi) is 13.6. The minimum Gasteiger partial charge on any atom is -0.493 e. The predicted octanol–water partition coefficient (Wildman–Crippen LogP) is 9.41. The van der Waals surface area contributed by atoms with Gasteiger partial charge < -0.3 is 19.3 Å². The summed E-state index contributed by atoms with van der Waals surface area (Å²) in [5, 5.41) is 9.41. The van der Waals surface area contributed by atoms with Crippen molar-refractivity contribution in [2.24, 2.45) is 0 Å². The van der Waals surface area contributed by atoms with Crippen LogP contribution in [0.3, 0.4) is 0 Å². The molecule has 1 aromatic heterocycles. The summed E-state index contributed by atoms with van der Waals surface area (Å²) < 4.78 is 17.2. The molecule has 0 saturated carbocycles. The molecule has 1 N–H and O–H groups in total. The minimum atomic E-state index is -0.823. The first-order chi connectivity index (χ1) is 24.5. The molecular weight excluding hydrogens is 626 g/mol. The maximum absolute atomic E-state index is 11.9. The Morgan fingerprint density at radius 3 is 2.12 bits per heavy atom. The van der Waals surface area contributed by atoms with Gasteiger partial charge in [0.1, 0.15) is 5.75 Å². The van der Waals surface area contributed by atoms with E-state index in [1.165, 1.54) is 7.11 Å². The van der Waals surface area contributed by atoms with E-state index < -0.39 is 5.97 Å². The van der Waals surface area contributed by atoms with Gasteiger partial charge >= 0.3 is 11.9 Å². The number of methoxy groups -OCH3 is 1. The van der Waals surface area contributed by atoms with Crippen LogP contribution in [0, 0.1) is 0 Å². The number of ether oxygens (including phenoxy) is 3. The Labute approximate surface area is 294 Å². The standard InChI is InChI=1S/C43H45NO6/c1-48-43(47)36-23-12-15-32(29-36)16-14-28-49-40-24-13-22-34(38(40)25-26-42(45)46)19-6-2-3-11-27-50-41-31-37(33-17-7-4-8-18-33)30-39(44-41)35-20-9-5-10-21-35/h4-5,7-10,12-13,15,17-18,20-24,29-31H,2-3,6,11,14,16,19,25-28H2,1H3,(H,45,46). The average molecular weight is 672 g/mol. The second-order valence-electron chi connectivity index (χ2n) is 12.3. The third-order valence-electron chi connectivity index (χ3n) is 8.60. The van der Waals surface area contributed by atoms with Crippen molar-refractivity contribution < 1.29 is 28.9 Å². The number of benzene rings is 4. The fourth-order valence-corrected chi connectivity index (χ4v) is 6.01. The molecule has 50 heavy (non-hydrogen) atoms. The molecule has 5 aromatic rings. The van der Waals surface area contributed by atoms with Crippen LogP contribution in [0.2, 0.25) is 0 Å². The molecule has 0 bridgehead atoms. The molecule has 0 fully saturated rings. The fraction of sp³-hybridized carbons (Fsp3) is 0.279. The Morgan fingerprint density at radius 2 is 1.36 bits per heavy atom. The summed E-state index contributed by atoms with van der Waals surface area (Å²) in [7, 11) is 1.38. The van der Waals surface area contributed by atoms with E-state index in [9.17, 15) is 14.7 Å². The molecule has 0 aliphatic rings. The molecule has 1 heterocycles. The normalized spacial score (nSPS) is 10.8. The second-order valence-corrected chi connectivity index (χ2v) is 12.3. The number of carbonyl (C=O) groups excluding carboxylic acids is 1. The van der Waals surface area contributed by atoms with Crippen LogP contribution in [-0.4, -0.2) is 42.4 Å². The smallest absolute Gasteiger partial charge is 0.337 e. The molecular formula is C43H45NO6. The van der Waals surface area contributed by atoms with E-state index in [0.717, 1.165) is 89.8 Å². The Bertz CT molecular complexity index is 1760. The van der Waals surface area contributed by atoms with Gasteiger partial charge in [-0.05, 0) is 90.6 Å². The van der Waals surface area contributed by atoms with Gasteiger partial charge in [0.15, 0.2) is 0 Å². The number of hydrogen-bond donors (Lipinski definition) is 1. The molecule has 0 atom stereocenters. The lowest BCUT2D eigenvalue weighted by Gasteiger charge is -2.16. The van der Waals surface area contributed by atoms with E-state index in [2.05, 4.69) is 36.4 Å². The van der Waals surface area contributed by atoms with Crippen molar-refractivity contribution in [1.82, 2.24) is 4.98 Å². The SMILES string of the molecule is COC(=O)c1cccc(CCCOc2cccc(CCCCCCOc3cc(-c4ccccc4)cc(-c4ccccc4)n3)c2CCC(=O)O)c1. The summed E-state index contributed by atoms with van der Waals surface area (Å²) in [6.07, 6.45) is 6.79. The van der Waals surface area contributed by atoms with Crippen molar-refractivity contribution in [3.63, 3.8) is 0 Å². The number of aryl methyl sites for hydroxylation is 2. The van der Waals surface area contributed by atoms with Gasteiger partial charge in [0, 0.05) is 18.1 Å². The topological polar surface area (TPSA) is 95.0 Å². The van der Waals surface area contributed by atoms with Crippen LogP contribution in [0.15, 0.2) is 115 Å². The Hall–Kier alpha value is -5.43. The van der Waals surface area contributed by atoms with Gasteiger partial charge in [0.2, 0.25) is 5.88 Å². The molecule has 0 spiro atoms. The van der Waals surface area contributed by atoms with Crippen LogP contribution in [0.5, 0.6) is 11.6 Å². The van der Waals surface area contributed by atoms with Crippen molar-refractivity contribution >= 4 is 11.9 Å². The lowest BCUT2D eigenvalue weighted by Crippen LogP contribution is -2.07. The molecule has 0 unspecified atom stereocenters. The number of aromatic nitrogens is 1. The summed E-state index contributed by atoms with van der Waals surface area (Å²) in [6.45, 7) is 1.07. The number of nitrogens with zero attached hydrogens (tertiary/aromatic N) is 1. The molecule has 258 valence electrons. The lowest BCUT2D eigenvalue weighted by molar-refractivity contribution is -0.136. The Balaban J connectivity index is 1.11.